The van der Waals surface area contributed by atoms with Crippen LogP contribution in [0.25, 0.3) is 10.9 Å². The van der Waals surface area contributed by atoms with Crippen molar-refractivity contribution in [2.45, 2.75) is 19.4 Å². The number of carbonyl (C=O) groups excluding carboxylic acids is 1. The van der Waals surface area contributed by atoms with Gasteiger partial charge in [0.1, 0.15) is 5.82 Å². The van der Waals surface area contributed by atoms with Crippen LogP contribution >= 0.6 is 0 Å². The van der Waals surface area contributed by atoms with Gasteiger partial charge in [0.25, 0.3) is 0 Å². The van der Waals surface area contributed by atoms with E-state index in [9.17, 15) is 9.18 Å². The Morgan fingerprint density at radius 3 is 2.67 bits per heavy atom. The molecule has 4 nitrogen and oxygen atoms in total. The molecule has 5 rings (SSSR count). The second-order valence-corrected chi connectivity index (χ2v) is 7.76. The van der Waals surface area contributed by atoms with E-state index in [-0.39, 0.29) is 17.9 Å². The zero-order valence-electron chi connectivity index (χ0n) is 16.7. The Morgan fingerprint density at radius 1 is 1.07 bits per heavy atom. The van der Waals surface area contributed by atoms with Crippen molar-refractivity contribution in [3.8, 4) is 0 Å². The molecule has 4 aromatic rings. The summed E-state index contributed by atoms with van der Waals surface area (Å²) >= 11 is 0. The molecule has 3 aromatic carbocycles. The lowest BCUT2D eigenvalue weighted by Crippen LogP contribution is -2.43. The highest BCUT2D eigenvalue weighted by Crippen LogP contribution is 2.38. The lowest BCUT2D eigenvalue weighted by molar-refractivity contribution is 0.193. The largest absolute Gasteiger partial charge is 0.356 e. The number of urea groups is 1. The Morgan fingerprint density at radius 2 is 1.87 bits per heavy atom. The predicted molar refractivity (Wildman–Crippen MR) is 117 cm³/mol. The molecular formula is C25H22FN3O. The van der Waals surface area contributed by atoms with Gasteiger partial charge in [0.05, 0.1) is 6.04 Å². The molecule has 0 radical (unpaired) electrons. The van der Waals surface area contributed by atoms with Gasteiger partial charge in [-0.15, -0.1) is 0 Å². The van der Waals surface area contributed by atoms with Gasteiger partial charge >= 0.3 is 6.03 Å². The van der Waals surface area contributed by atoms with Crippen LogP contribution in [0.1, 0.15) is 28.4 Å². The molecule has 0 aliphatic carbocycles. The van der Waals surface area contributed by atoms with Crippen LogP contribution in [0, 0.1) is 12.7 Å². The van der Waals surface area contributed by atoms with Gasteiger partial charge in [-0.2, -0.15) is 0 Å². The van der Waals surface area contributed by atoms with Gasteiger partial charge in [-0.3, -0.25) is 0 Å². The van der Waals surface area contributed by atoms with E-state index < -0.39 is 0 Å². The van der Waals surface area contributed by atoms with Crippen molar-refractivity contribution in [3.05, 3.63) is 101 Å². The van der Waals surface area contributed by atoms with Gasteiger partial charge in [-0.05, 0) is 60.4 Å². The summed E-state index contributed by atoms with van der Waals surface area (Å²) in [6.45, 7) is 2.57. The third kappa shape index (κ3) is 3.22. The van der Waals surface area contributed by atoms with Gasteiger partial charge in [-0.1, -0.05) is 42.5 Å². The highest BCUT2D eigenvalue weighted by atomic mass is 19.1. The SMILES string of the molecule is Cc1cccc(NC(=O)N2CCc3c([nH]c4ccccc34)[C@H]2c2ccc(F)cc2)c1. The van der Waals surface area contributed by atoms with Crippen molar-refractivity contribution in [1.29, 1.82) is 0 Å². The lowest BCUT2D eigenvalue weighted by atomic mass is 9.92. The summed E-state index contributed by atoms with van der Waals surface area (Å²) in [4.78, 5) is 18.6. The zero-order valence-corrected chi connectivity index (χ0v) is 16.7. The molecule has 0 saturated carbocycles. The van der Waals surface area contributed by atoms with E-state index in [1.807, 2.05) is 54.3 Å². The number of nitrogens with one attached hydrogen (secondary N) is 2. The first-order valence-corrected chi connectivity index (χ1v) is 10.1. The number of fused-ring (bicyclic) bond motifs is 3. The van der Waals surface area contributed by atoms with E-state index in [1.54, 1.807) is 12.1 Å². The fourth-order valence-corrected chi connectivity index (χ4v) is 4.37. The number of H-pyrrole nitrogens is 1. The summed E-state index contributed by atoms with van der Waals surface area (Å²) in [5, 5.41) is 4.21. The first-order valence-electron chi connectivity index (χ1n) is 10.1. The summed E-state index contributed by atoms with van der Waals surface area (Å²) in [6, 6.07) is 21.9. The third-order valence-electron chi connectivity index (χ3n) is 5.75. The molecule has 0 unspecified atom stereocenters. The minimum Gasteiger partial charge on any atom is -0.356 e. The van der Waals surface area contributed by atoms with Crippen molar-refractivity contribution in [2.75, 3.05) is 11.9 Å². The van der Waals surface area contributed by atoms with E-state index in [0.717, 1.165) is 34.4 Å². The van der Waals surface area contributed by atoms with E-state index >= 15 is 0 Å². The summed E-state index contributed by atoms with van der Waals surface area (Å²) in [7, 11) is 0. The van der Waals surface area contributed by atoms with E-state index in [4.69, 9.17) is 0 Å². The summed E-state index contributed by atoms with van der Waals surface area (Å²) in [5.74, 6) is -0.290. The molecule has 2 amide bonds. The van der Waals surface area contributed by atoms with Crippen molar-refractivity contribution in [3.63, 3.8) is 0 Å². The number of halogens is 1. The molecule has 2 heterocycles. The van der Waals surface area contributed by atoms with Gasteiger partial charge < -0.3 is 15.2 Å². The van der Waals surface area contributed by atoms with Crippen LogP contribution in [0.3, 0.4) is 0 Å². The van der Waals surface area contributed by atoms with E-state index in [1.165, 1.54) is 23.1 Å². The Hall–Kier alpha value is -3.60. The van der Waals surface area contributed by atoms with Crippen molar-refractivity contribution in [1.82, 2.24) is 9.88 Å². The molecule has 0 spiro atoms. The summed E-state index contributed by atoms with van der Waals surface area (Å²) in [5.41, 5.74) is 5.99. The molecular weight excluding hydrogens is 377 g/mol. The second-order valence-electron chi connectivity index (χ2n) is 7.76. The number of hydrogen-bond donors (Lipinski definition) is 2. The number of aromatic nitrogens is 1. The van der Waals surface area contributed by atoms with Crippen LogP contribution in [-0.4, -0.2) is 22.5 Å². The van der Waals surface area contributed by atoms with Crippen molar-refractivity contribution >= 4 is 22.6 Å². The topological polar surface area (TPSA) is 48.1 Å². The average molecular weight is 399 g/mol. The molecule has 2 N–H and O–H groups in total. The molecule has 30 heavy (non-hydrogen) atoms. The molecule has 150 valence electrons. The minimum absolute atomic E-state index is 0.167. The third-order valence-corrected chi connectivity index (χ3v) is 5.75. The number of benzene rings is 3. The number of amides is 2. The number of hydrogen-bond acceptors (Lipinski definition) is 1. The van der Waals surface area contributed by atoms with E-state index in [2.05, 4.69) is 16.4 Å². The molecule has 0 saturated heterocycles. The standard InChI is InChI=1S/C25H22FN3O/c1-16-5-4-6-19(15-16)27-25(30)29-14-13-21-20-7-2-3-8-22(20)28-23(21)24(29)17-9-11-18(26)12-10-17/h2-12,15,24,28H,13-14H2,1H3,(H,27,30)/t24-/m1/s1. The van der Waals surface area contributed by atoms with Gasteiger partial charge in [0.2, 0.25) is 0 Å². The average Bonchev–Trinajstić information content (AvgIpc) is 3.12. The number of anilines is 1. The molecule has 5 heteroatoms. The van der Waals surface area contributed by atoms with E-state index in [0.29, 0.717) is 6.54 Å². The summed E-state index contributed by atoms with van der Waals surface area (Å²) in [6.07, 6.45) is 0.762. The number of nitrogens with zero attached hydrogens (tertiary/aromatic N) is 1. The molecule has 0 fully saturated rings. The fraction of sp³-hybridized carbons (Fsp3) is 0.160. The number of aromatic amines is 1. The summed E-state index contributed by atoms with van der Waals surface area (Å²) < 4.78 is 13.6. The zero-order chi connectivity index (χ0) is 20.7. The van der Waals surface area contributed by atoms with Crippen LogP contribution < -0.4 is 5.32 Å². The molecule has 1 aliphatic rings. The molecule has 0 bridgehead atoms. The normalized spacial score (nSPS) is 15.8. The second kappa shape index (κ2) is 7.34. The monoisotopic (exact) mass is 399 g/mol. The molecule has 1 aliphatic heterocycles. The van der Waals surface area contributed by atoms with Crippen LogP contribution in [0.4, 0.5) is 14.9 Å². The molecule has 1 atom stereocenters. The Kier molecular flexibility index (Phi) is 4.51. The van der Waals surface area contributed by atoms with Crippen LogP contribution in [0.2, 0.25) is 0 Å². The smallest absolute Gasteiger partial charge is 0.322 e. The first kappa shape index (κ1) is 18.4. The van der Waals surface area contributed by atoms with Gasteiger partial charge in [0.15, 0.2) is 0 Å². The Labute approximate surface area is 174 Å². The number of rotatable bonds is 2. The van der Waals surface area contributed by atoms with Gasteiger partial charge in [0, 0.05) is 28.8 Å². The Balaban J connectivity index is 1.57. The number of aryl methyl sites for hydroxylation is 1. The maximum atomic E-state index is 13.6. The predicted octanol–water partition coefficient (Wildman–Crippen LogP) is 5.80. The fourth-order valence-electron chi connectivity index (χ4n) is 4.37. The first-order chi connectivity index (χ1) is 14.6. The van der Waals surface area contributed by atoms with Crippen LogP contribution in [0.15, 0.2) is 72.8 Å². The quantitative estimate of drug-likeness (QED) is 0.440. The highest BCUT2D eigenvalue weighted by molar-refractivity contribution is 5.91. The highest BCUT2D eigenvalue weighted by Gasteiger charge is 2.34. The number of para-hydroxylation sites is 1. The van der Waals surface area contributed by atoms with Crippen LogP contribution in [0.5, 0.6) is 0 Å². The van der Waals surface area contributed by atoms with Crippen molar-refractivity contribution < 1.29 is 9.18 Å². The van der Waals surface area contributed by atoms with Crippen LogP contribution in [-0.2, 0) is 6.42 Å². The molecule has 1 aromatic heterocycles. The maximum Gasteiger partial charge on any atom is 0.322 e. The maximum absolute atomic E-state index is 13.6. The van der Waals surface area contributed by atoms with Crippen molar-refractivity contribution in [2.24, 2.45) is 0 Å². The minimum atomic E-state index is -0.313. The Bertz CT molecular complexity index is 1230. The number of carbonyl (C=O) groups is 1. The van der Waals surface area contributed by atoms with Gasteiger partial charge in [-0.25, -0.2) is 9.18 Å². The lowest BCUT2D eigenvalue weighted by Gasteiger charge is -2.36.